The summed E-state index contributed by atoms with van der Waals surface area (Å²) in [5.41, 5.74) is 1.17. The maximum Gasteiger partial charge on any atom is 0.126 e. The first-order valence-corrected chi connectivity index (χ1v) is 4.72. The molecular formula is C11H16O2. The second kappa shape index (κ2) is 4.75. The second-order valence-corrected chi connectivity index (χ2v) is 2.98. The van der Waals surface area contributed by atoms with Gasteiger partial charge in [0.05, 0.1) is 6.61 Å². The van der Waals surface area contributed by atoms with E-state index in [0.717, 1.165) is 18.6 Å². The SMILES string of the molecule is CCCc1ccc(O)cc1OCC. The Morgan fingerprint density at radius 3 is 2.69 bits per heavy atom. The highest BCUT2D eigenvalue weighted by Gasteiger charge is 2.02. The highest BCUT2D eigenvalue weighted by molar-refractivity contribution is 5.40. The molecule has 2 heteroatoms. The summed E-state index contributed by atoms with van der Waals surface area (Å²) < 4.78 is 5.41. The molecule has 0 unspecified atom stereocenters. The van der Waals surface area contributed by atoms with E-state index in [9.17, 15) is 5.11 Å². The van der Waals surface area contributed by atoms with Crippen molar-refractivity contribution in [1.82, 2.24) is 0 Å². The van der Waals surface area contributed by atoms with Crippen LogP contribution in [0.15, 0.2) is 18.2 Å². The fourth-order valence-corrected chi connectivity index (χ4v) is 1.31. The molecule has 0 amide bonds. The van der Waals surface area contributed by atoms with Gasteiger partial charge in [0.25, 0.3) is 0 Å². The van der Waals surface area contributed by atoms with Crippen LogP contribution in [0.25, 0.3) is 0 Å². The number of hydrogen-bond donors (Lipinski definition) is 1. The molecule has 0 bridgehead atoms. The van der Waals surface area contributed by atoms with E-state index in [2.05, 4.69) is 6.92 Å². The zero-order valence-electron chi connectivity index (χ0n) is 8.21. The highest BCUT2D eigenvalue weighted by atomic mass is 16.5. The lowest BCUT2D eigenvalue weighted by Gasteiger charge is -2.09. The van der Waals surface area contributed by atoms with Gasteiger partial charge in [-0.05, 0) is 25.0 Å². The number of phenolic OH excluding ortho intramolecular Hbond substituents is 1. The molecule has 72 valence electrons. The molecule has 0 spiro atoms. The summed E-state index contributed by atoms with van der Waals surface area (Å²) in [5.74, 6) is 1.08. The normalized spacial score (nSPS) is 10.0. The van der Waals surface area contributed by atoms with Crippen LogP contribution in [0.1, 0.15) is 25.8 Å². The number of hydrogen-bond acceptors (Lipinski definition) is 2. The van der Waals surface area contributed by atoms with Crippen molar-refractivity contribution in [2.75, 3.05) is 6.61 Å². The molecule has 0 saturated heterocycles. The lowest BCUT2D eigenvalue weighted by atomic mass is 10.1. The summed E-state index contributed by atoms with van der Waals surface area (Å²) >= 11 is 0. The first-order valence-electron chi connectivity index (χ1n) is 4.72. The minimum atomic E-state index is 0.267. The van der Waals surface area contributed by atoms with Crippen molar-refractivity contribution in [3.8, 4) is 11.5 Å². The van der Waals surface area contributed by atoms with Crippen molar-refractivity contribution in [1.29, 1.82) is 0 Å². The van der Waals surface area contributed by atoms with Gasteiger partial charge in [-0.15, -0.1) is 0 Å². The first-order chi connectivity index (χ1) is 6.27. The molecule has 2 nitrogen and oxygen atoms in total. The third-order valence-electron chi connectivity index (χ3n) is 1.87. The zero-order valence-corrected chi connectivity index (χ0v) is 8.21. The van der Waals surface area contributed by atoms with Crippen LogP contribution in [0, 0.1) is 0 Å². The molecule has 1 rings (SSSR count). The van der Waals surface area contributed by atoms with Gasteiger partial charge in [-0.2, -0.15) is 0 Å². The van der Waals surface area contributed by atoms with E-state index in [1.165, 1.54) is 5.56 Å². The van der Waals surface area contributed by atoms with Gasteiger partial charge in [0, 0.05) is 6.07 Å². The van der Waals surface area contributed by atoms with Gasteiger partial charge in [0.1, 0.15) is 11.5 Å². The molecule has 0 aromatic heterocycles. The Morgan fingerprint density at radius 2 is 2.08 bits per heavy atom. The molecule has 13 heavy (non-hydrogen) atoms. The maximum atomic E-state index is 9.25. The molecular weight excluding hydrogens is 164 g/mol. The Kier molecular flexibility index (Phi) is 3.62. The number of rotatable bonds is 4. The van der Waals surface area contributed by atoms with Gasteiger partial charge >= 0.3 is 0 Å². The molecule has 0 atom stereocenters. The first kappa shape index (κ1) is 9.90. The third-order valence-corrected chi connectivity index (χ3v) is 1.87. The van der Waals surface area contributed by atoms with Crippen molar-refractivity contribution in [3.05, 3.63) is 23.8 Å². The summed E-state index contributed by atoms with van der Waals surface area (Å²) in [6.45, 7) is 4.71. The summed E-state index contributed by atoms with van der Waals surface area (Å²) in [6.07, 6.45) is 2.08. The maximum absolute atomic E-state index is 9.25. The lowest BCUT2D eigenvalue weighted by molar-refractivity contribution is 0.334. The van der Waals surface area contributed by atoms with E-state index >= 15 is 0 Å². The fraction of sp³-hybridized carbons (Fsp3) is 0.455. The van der Waals surface area contributed by atoms with Crippen LogP contribution >= 0.6 is 0 Å². The van der Waals surface area contributed by atoms with Gasteiger partial charge in [0.2, 0.25) is 0 Å². The summed E-state index contributed by atoms with van der Waals surface area (Å²) in [6, 6.07) is 5.30. The smallest absolute Gasteiger partial charge is 0.126 e. The van der Waals surface area contributed by atoms with Crippen LogP contribution in [-0.4, -0.2) is 11.7 Å². The molecule has 0 aliphatic carbocycles. The van der Waals surface area contributed by atoms with E-state index in [1.54, 1.807) is 12.1 Å². The van der Waals surface area contributed by atoms with Crippen molar-refractivity contribution in [2.24, 2.45) is 0 Å². The van der Waals surface area contributed by atoms with E-state index in [0.29, 0.717) is 6.61 Å². The number of ether oxygens (including phenoxy) is 1. The van der Waals surface area contributed by atoms with Gasteiger partial charge in [-0.25, -0.2) is 0 Å². The van der Waals surface area contributed by atoms with E-state index in [4.69, 9.17) is 4.74 Å². The van der Waals surface area contributed by atoms with Gasteiger partial charge < -0.3 is 9.84 Å². The topological polar surface area (TPSA) is 29.5 Å². The third kappa shape index (κ3) is 2.65. The Balaban J connectivity index is 2.89. The monoisotopic (exact) mass is 180 g/mol. The lowest BCUT2D eigenvalue weighted by Crippen LogP contribution is -1.96. The van der Waals surface area contributed by atoms with Crippen LogP contribution in [0.3, 0.4) is 0 Å². The predicted octanol–water partition coefficient (Wildman–Crippen LogP) is 2.74. The Morgan fingerprint density at radius 1 is 1.31 bits per heavy atom. The van der Waals surface area contributed by atoms with Gasteiger partial charge in [-0.1, -0.05) is 19.4 Å². The average molecular weight is 180 g/mol. The fourth-order valence-electron chi connectivity index (χ4n) is 1.31. The molecule has 1 N–H and O–H groups in total. The second-order valence-electron chi connectivity index (χ2n) is 2.98. The van der Waals surface area contributed by atoms with E-state index in [-0.39, 0.29) is 5.75 Å². The van der Waals surface area contributed by atoms with Crippen LogP contribution in [0.2, 0.25) is 0 Å². The molecule has 1 aromatic rings. The van der Waals surface area contributed by atoms with Crippen LogP contribution < -0.4 is 4.74 Å². The number of phenols is 1. The minimum absolute atomic E-state index is 0.267. The average Bonchev–Trinajstić information content (AvgIpc) is 2.10. The van der Waals surface area contributed by atoms with Crippen LogP contribution in [-0.2, 0) is 6.42 Å². The minimum Gasteiger partial charge on any atom is -0.508 e. The van der Waals surface area contributed by atoms with Crippen molar-refractivity contribution < 1.29 is 9.84 Å². The molecule has 0 aliphatic rings. The summed E-state index contributed by atoms with van der Waals surface area (Å²) in [7, 11) is 0. The van der Waals surface area contributed by atoms with Crippen LogP contribution in [0.5, 0.6) is 11.5 Å². The number of aromatic hydroxyl groups is 1. The summed E-state index contributed by atoms with van der Waals surface area (Å²) in [5, 5.41) is 9.25. The number of aryl methyl sites for hydroxylation is 1. The largest absolute Gasteiger partial charge is 0.508 e. The standard InChI is InChI=1S/C11H16O2/c1-3-5-9-6-7-10(12)8-11(9)13-4-2/h6-8,12H,3-5H2,1-2H3. The van der Waals surface area contributed by atoms with E-state index < -0.39 is 0 Å². The highest BCUT2D eigenvalue weighted by Crippen LogP contribution is 2.25. The molecule has 0 aliphatic heterocycles. The molecule has 1 aromatic carbocycles. The zero-order chi connectivity index (χ0) is 9.68. The number of benzene rings is 1. The molecule has 0 radical (unpaired) electrons. The molecule has 0 heterocycles. The molecule has 0 saturated carbocycles. The summed E-state index contributed by atoms with van der Waals surface area (Å²) in [4.78, 5) is 0. The molecule has 0 fully saturated rings. The van der Waals surface area contributed by atoms with Gasteiger partial charge in [-0.3, -0.25) is 0 Å². The van der Waals surface area contributed by atoms with E-state index in [1.807, 2.05) is 13.0 Å². The predicted molar refractivity (Wildman–Crippen MR) is 53.3 cm³/mol. The van der Waals surface area contributed by atoms with Crippen LogP contribution in [0.4, 0.5) is 0 Å². The van der Waals surface area contributed by atoms with Crippen molar-refractivity contribution >= 4 is 0 Å². The Bertz CT molecular complexity index is 269. The Labute approximate surface area is 79.2 Å². The van der Waals surface area contributed by atoms with Crippen molar-refractivity contribution in [2.45, 2.75) is 26.7 Å². The quantitative estimate of drug-likeness (QED) is 0.772. The van der Waals surface area contributed by atoms with Gasteiger partial charge in [0.15, 0.2) is 0 Å². The van der Waals surface area contributed by atoms with Crippen molar-refractivity contribution in [3.63, 3.8) is 0 Å². The Hall–Kier alpha value is -1.18.